The Balaban J connectivity index is 2.58. The van der Waals surface area contributed by atoms with Gasteiger partial charge in [0.2, 0.25) is 0 Å². The van der Waals surface area contributed by atoms with Crippen LogP contribution in [0.3, 0.4) is 0 Å². The Morgan fingerprint density at radius 3 is 2.33 bits per heavy atom. The van der Waals surface area contributed by atoms with Crippen LogP contribution < -0.4 is 5.32 Å². The number of hydrogen-bond acceptors (Lipinski definition) is 4. The van der Waals surface area contributed by atoms with Crippen molar-refractivity contribution in [3.05, 3.63) is 0 Å². The first kappa shape index (κ1) is 19.1. The van der Waals surface area contributed by atoms with Gasteiger partial charge in [-0.2, -0.15) is 13.2 Å². The quantitative estimate of drug-likeness (QED) is 0.802. The molecule has 0 aromatic rings. The van der Waals surface area contributed by atoms with E-state index in [0.29, 0.717) is 19.4 Å². The SMILES string of the molecule is CC(C)(C)NCC(CCSC(F)(F)F)C1CCS(=O)(=O)C1. The molecule has 1 N–H and O–H groups in total. The van der Waals surface area contributed by atoms with Crippen LogP contribution in [-0.2, 0) is 9.84 Å². The van der Waals surface area contributed by atoms with Gasteiger partial charge in [-0.25, -0.2) is 8.42 Å². The van der Waals surface area contributed by atoms with Crippen molar-refractivity contribution in [3.63, 3.8) is 0 Å². The highest BCUT2D eigenvalue weighted by atomic mass is 32.2. The molecule has 0 saturated carbocycles. The Hall–Kier alpha value is 0.0500. The lowest BCUT2D eigenvalue weighted by molar-refractivity contribution is -0.0328. The summed E-state index contributed by atoms with van der Waals surface area (Å²) < 4.78 is 59.8. The summed E-state index contributed by atoms with van der Waals surface area (Å²) in [5.74, 6) is 0.197. The number of rotatable bonds is 6. The lowest BCUT2D eigenvalue weighted by atomic mass is 9.89. The van der Waals surface area contributed by atoms with Crippen molar-refractivity contribution in [1.29, 1.82) is 0 Å². The fraction of sp³-hybridized carbons (Fsp3) is 1.00. The lowest BCUT2D eigenvalue weighted by Gasteiger charge is -2.28. The van der Waals surface area contributed by atoms with Gasteiger partial charge in [0, 0.05) is 11.3 Å². The highest BCUT2D eigenvalue weighted by Gasteiger charge is 2.35. The second kappa shape index (κ2) is 7.08. The van der Waals surface area contributed by atoms with Crippen molar-refractivity contribution >= 4 is 21.6 Å². The van der Waals surface area contributed by atoms with E-state index in [9.17, 15) is 21.6 Å². The van der Waals surface area contributed by atoms with Crippen molar-refractivity contribution in [2.24, 2.45) is 11.8 Å². The third-order valence-corrected chi connectivity index (χ3v) is 6.14. The first-order valence-electron chi connectivity index (χ1n) is 7.04. The lowest BCUT2D eigenvalue weighted by Crippen LogP contribution is -2.41. The number of nitrogens with one attached hydrogen (secondary N) is 1. The molecule has 1 saturated heterocycles. The molecule has 0 aromatic carbocycles. The van der Waals surface area contributed by atoms with Gasteiger partial charge in [0.05, 0.1) is 11.5 Å². The van der Waals surface area contributed by atoms with Crippen LogP contribution in [0.2, 0.25) is 0 Å². The zero-order valence-corrected chi connectivity index (χ0v) is 14.3. The Labute approximate surface area is 129 Å². The maximum Gasteiger partial charge on any atom is 0.441 e. The van der Waals surface area contributed by atoms with Gasteiger partial charge in [0.15, 0.2) is 9.84 Å². The highest BCUT2D eigenvalue weighted by Crippen LogP contribution is 2.34. The van der Waals surface area contributed by atoms with Crippen LogP contribution in [0, 0.1) is 11.8 Å². The van der Waals surface area contributed by atoms with Gasteiger partial charge in [-0.05, 0) is 52.0 Å². The maximum atomic E-state index is 12.2. The summed E-state index contributed by atoms with van der Waals surface area (Å²) in [4.78, 5) is 0. The van der Waals surface area contributed by atoms with Crippen LogP contribution in [0.5, 0.6) is 0 Å². The Kier molecular flexibility index (Phi) is 6.44. The molecule has 0 bridgehead atoms. The molecule has 0 amide bonds. The van der Waals surface area contributed by atoms with E-state index in [1.807, 2.05) is 20.8 Å². The van der Waals surface area contributed by atoms with Crippen molar-refractivity contribution < 1.29 is 21.6 Å². The van der Waals surface area contributed by atoms with E-state index in [4.69, 9.17) is 0 Å². The van der Waals surface area contributed by atoms with Crippen LogP contribution in [0.25, 0.3) is 0 Å². The van der Waals surface area contributed by atoms with Gasteiger partial charge in [-0.15, -0.1) is 0 Å². The fourth-order valence-electron chi connectivity index (χ4n) is 2.46. The molecule has 1 heterocycles. The summed E-state index contributed by atoms with van der Waals surface area (Å²) >= 11 is -0.0233. The zero-order valence-electron chi connectivity index (χ0n) is 12.7. The van der Waals surface area contributed by atoms with Crippen LogP contribution in [0.15, 0.2) is 0 Å². The van der Waals surface area contributed by atoms with Crippen LogP contribution in [0.4, 0.5) is 13.2 Å². The van der Waals surface area contributed by atoms with Crippen LogP contribution >= 0.6 is 11.8 Å². The predicted octanol–water partition coefficient (Wildman–Crippen LogP) is 3.07. The molecule has 8 heteroatoms. The molecule has 0 aromatic heterocycles. The second-order valence-corrected chi connectivity index (χ2v) is 10.0. The van der Waals surface area contributed by atoms with Gasteiger partial charge in [0.1, 0.15) is 0 Å². The van der Waals surface area contributed by atoms with E-state index in [1.54, 1.807) is 0 Å². The number of hydrogen-bond donors (Lipinski definition) is 1. The molecule has 2 unspecified atom stereocenters. The summed E-state index contributed by atoms with van der Waals surface area (Å²) in [6, 6.07) is 0. The van der Waals surface area contributed by atoms with Gasteiger partial charge < -0.3 is 5.32 Å². The Morgan fingerprint density at radius 1 is 1.29 bits per heavy atom. The molecule has 0 radical (unpaired) electrons. The normalized spacial score (nSPS) is 24.2. The summed E-state index contributed by atoms with van der Waals surface area (Å²) in [7, 11) is -3.00. The molecule has 1 aliphatic heterocycles. The summed E-state index contributed by atoms with van der Waals surface area (Å²) in [6.45, 7) is 6.52. The smallest absolute Gasteiger partial charge is 0.312 e. The van der Waals surface area contributed by atoms with Gasteiger partial charge >= 0.3 is 5.51 Å². The molecule has 0 spiro atoms. The third kappa shape index (κ3) is 8.30. The summed E-state index contributed by atoms with van der Waals surface area (Å²) in [5, 5.41) is 3.29. The van der Waals surface area contributed by atoms with E-state index >= 15 is 0 Å². The van der Waals surface area contributed by atoms with Crippen LogP contribution in [-0.4, -0.2) is 43.3 Å². The average Bonchev–Trinajstić information content (AvgIpc) is 2.60. The minimum Gasteiger partial charge on any atom is -0.312 e. The molecular formula is C13H24F3NO2S2. The third-order valence-electron chi connectivity index (χ3n) is 3.58. The standard InChI is InChI=1S/C13H24F3NO2S2/c1-12(2,3)17-8-10(4-6-20-13(14,15)16)11-5-7-21(18,19)9-11/h10-11,17H,4-9H2,1-3H3. The van der Waals surface area contributed by atoms with Crippen molar-refractivity contribution in [2.45, 2.75) is 44.7 Å². The zero-order chi connectivity index (χ0) is 16.3. The van der Waals surface area contributed by atoms with Crippen molar-refractivity contribution in [3.8, 4) is 0 Å². The first-order chi connectivity index (χ1) is 9.38. The van der Waals surface area contributed by atoms with Gasteiger partial charge in [0.25, 0.3) is 0 Å². The molecular weight excluding hydrogens is 323 g/mol. The van der Waals surface area contributed by atoms with Gasteiger partial charge in [-0.3, -0.25) is 0 Å². The first-order valence-corrected chi connectivity index (χ1v) is 9.85. The fourth-order valence-corrected chi connectivity index (χ4v) is 5.04. The molecule has 0 aliphatic carbocycles. The molecule has 1 aliphatic rings. The maximum absolute atomic E-state index is 12.2. The number of thioether (sulfide) groups is 1. The largest absolute Gasteiger partial charge is 0.441 e. The Bertz CT molecular complexity index is 430. The topological polar surface area (TPSA) is 46.2 Å². The highest BCUT2D eigenvalue weighted by molar-refractivity contribution is 8.00. The van der Waals surface area contributed by atoms with E-state index < -0.39 is 15.3 Å². The number of alkyl halides is 3. The molecule has 1 fully saturated rings. The van der Waals surface area contributed by atoms with Crippen molar-refractivity contribution in [1.82, 2.24) is 5.32 Å². The monoisotopic (exact) mass is 347 g/mol. The van der Waals surface area contributed by atoms with E-state index in [-0.39, 0.29) is 46.4 Å². The van der Waals surface area contributed by atoms with Crippen molar-refractivity contribution in [2.75, 3.05) is 23.8 Å². The Morgan fingerprint density at radius 2 is 1.90 bits per heavy atom. The molecule has 2 atom stereocenters. The minimum atomic E-state index is -4.22. The van der Waals surface area contributed by atoms with E-state index in [0.717, 1.165) is 0 Å². The summed E-state index contributed by atoms with van der Waals surface area (Å²) in [5.41, 5.74) is -4.35. The molecule has 21 heavy (non-hydrogen) atoms. The average molecular weight is 347 g/mol. The predicted molar refractivity (Wildman–Crippen MR) is 81.1 cm³/mol. The minimum absolute atomic E-state index is 0.0173. The van der Waals surface area contributed by atoms with Gasteiger partial charge in [-0.1, -0.05) is 11.8 Å². The molecule has 3 nitrogen and oxygen atoms in total. The molecule has 1 rings (SSSR count). The second-order valence-electron chi connectivity index (χ2n) is 6.64. The molecule has 126 valence electrons. The van der Waals surface area contributed by atoms with Crippen LogP contribution in [0.1, 0.15) is 33.6 Å². The summed E-state index contributed by atoms with van der Waals surface area (Å²) in [6.07, 6.45) is 0.947. The number of halogens is 3. The number of sulfone groups is 1. The van der Waals surface area contributed by atoms with E-state index in [2.05, 4.69) is 5.32 Å². The van der Waals surface area contributed by atoms with E-state index in [1.165, 1.54) is 0 Å².